The van der Waals surface area contributed by atoms with E-state index in [-0.39, 0.29) is 21.9 Å². The van der Waals surface area contributed by atoms with Gasteiger partial charge >= 0.3 is 0 Å². The van der Waals surface area contributed by atoms with Crippen LogP contribution in [0.3, 0.4) is 0 Å². The molecule has 0 unspecified atom stereocenters. The number of benzene rings is 2. The van der Waals surface area contributed by atoms with Crippen molar-refractivity contribution >= 4 is 21.6 Å². The van der Waals surface area contributed by atoms with E-state index in [0.29, 0.717) is 0 Å². The van der Waals surface area contributed by atoms with Crippen molar-refractivity contribution in [1.82, 2.24) is 4.72 Å². The lowest BCUT2D eigenvalue weighted by molar-refractivity contribution is 0.102. The van der Waals surface area contributed by atoms with Crippen LogP contribution in [0.15, 0.2) is 41.3 Å². The molecule has 0 spiro atoms. The van der Waals surface area contributed by atoms with E-state index in [1.54, 1.807) is 0 Å². The highest BCUT2D eigenvalue weighted by molar-refractivity contribution is 7.89. The highest BCUT2D eigenvalue weighted by Crippen LogP contribution is 2.27. The average Bonchev–Trinajstić information content (AvgIpc) is 2.68. The lowest BCUT2D eigenvalue weighted by Gasteiger charge is -2.14. The van der Waals surface area contributed by atoms with Crippen molar-refractivity contribution in [3.05, 3.63) is 53.3 Å². The Labute approximate surface area is 165 Å². The molecular formula is C18H19F3N2O5S. The topological polar surface area (TPSA) is 105 Å². The van der Waals surface area contributed by atoms with Gasteiger partial charge in [-0.05, 0) is 43.3 Å². The number of hydrogen-bond donors (Lipinski definition) is 3. The number of anilines is 1. The van der Waals surface area contributed by atoms with E-state index < -0.39 is 46.4 Å². The summed E-state index contributed by atoms with van der Waals surface area (Å²) >= 11 is 0. The molecule has 1 atom stereocenters. The summed E-state index contributed by atoms with van der Waals surface area (Å²) in [5, 5.41) is 11.3. The van der Waals surface area contributed by atoms with Gasteiger partial charge in [-0.2, -0.15) is 0 Å². The smallest absolute Gasteiger partial charge is 0.266 e. The number of aliphatic hydroxyl groups is 1. The summed E-state index contributed by atoms with van der Waals surface area (Å²) in [5.74, 6) is -1.93. The van der Waals surface area contributed by atoms with E-state index in [2.05, 4.69) is 10.0 Å². The minimum atomic E-state index is -4.04. The second-order valence-corrected chi connectivity index (χ2v) is 7.77. The Bertz CT molecular complexity index is 999. The van der Waals surface area contributed by atoms with Crippen LogP contribution in [0.25, 0.3) is 0 Å². The molecule has 2 aromatic carbocycles. The van der Waals surface area contributed by atoms with E-state index in [1.807, 2.05) is 0 Å². The third-order valence-corrected chi connectivity index (χ3v) is 5.43. The van der Waals surface area contributed by atoms with E-state index in [0.717, 1.165) is 24.3 Å². The molecule has 0 radical (unpaired) electrons. The van der Waals surface area contributed by atoms with Crippen molar-refractivity contribution in [2.75, 3.05) is 19.0 Å². The zero-order chi connectivity index (χ0) is 21.8. The van der Waals surface area contributed by atoms with E-state index in [1.165, 1.54) is 26.2 Å². The normalized spacial score (nSPS) is 12.7. The van der Waals surface area contributed by atoms with E-state index in [4.69, 9.17) is 9.84 Å². The number of nitrogens with one attached hydrogen (secondary N) is 2. The summed E-state index contributed by atoms with van der Waals surface area (Å²) in [6, 6.07) is 5.41. The van der Waals surface area contributed by atoms with Gasteiger partial charge in [-0.3, -0.25) is 4.79 Å². The highest BCUT2D eigenvalue weighted by Gasteiger charge is 2.22. The summed E-state index contributed by atoms with van der Waals surface area (Å²) in [5.41, 5.74) is -1.17. The molecule has 2 aromatic rings. The molecular weight excluding hydrogens is 413 g/mol. The summed E-state index contributed by atoms with van der Waals surface area (Å²) in [6.07, 6.45) is -3.07. The number of amides is 1. The molecule has 0 aliphatic carbocycles. The second kappa shape index (κ2) is 9.25. The molecule has 0 fully saturated rings. The average molecular weight is 432 g/mol. The summed E-state index contributed by atoms with van der Waals surface area (Å²) < 4.78 is 71.1. The number of alkyl halides is 2. The third kappa shape index (κ3) is 5.46. The fourth-order valence-electron chi connectivity index (χ4n) is 2.39. The van der Waals surface area contributed by atoms with Crippen LogP contribution < -0.4 is 14.8 Å². The Morgan fingerprint density at radius 2 is 1.90 bits per heavy atom. The number of rotatable bonds is 8. The van der Waals surface area contributed by atoms with Gasteiger partial charge in [-0.25, -0.2) is 26.3 Å². The molecule has 158 valence electrons. The number of aliphatic hydroxyl groups excluding tert-OH is 1. The van der Waals surface area contributed by atoms with Crippen LogP contribution in [0.4, 0.5) is 18.9 Å². The molecule has 0 saturated carbocycles. The fourth-order valence-corrected chi connectivity index (χ4v) is 3.65. The van der Waals surface area contributed by atoms with Crippen LogP contribution in [0, 0.1) is 5.82 Å². The summed E-state index contributed by atoms with van der Waals surface area (Å²) in [6.45, 7) is 1.02. The van der Waals surface area contributed by atoms with Gasteiger partial charge < -0.3 is 15.2 Å². The Kier molecular flexibility index (Phi) is 7.22. The second-order valence-electron chi connectivity index (χ2n) is 6.06. The van der Waals surface area contributed by atoms with Gasteiger partial charge in [0.2, 0.25) is 10.0 Å². The molecule has 29 heavy (non-hydrogen) atoms. The number of ether oxygens (including phenoxy) is 1. The predicted octanol–water partition coefficient (Wildman–Crippen LogP) is 2.68. The number of carbonyl (C=O) groups is 1. The van der Waals surface area contributed by atoms with Crippen molar-refractivity contribution in [2.45, 2.75) is 24.3 Å². The molecule has 7 nitrogen and oxygen atoms in total. The maximum Gasteiger partial charge on any atom is 0.266 e. The maximum absolute atomic E-state index is 13.4. The Hall–Kier alpha value is -2.63. The standard InChI is InChI=1S/C18H19F3N2O5S/c1-10(9-24)23-29(26,27)12-4-6-16(28-2)14(8-12)18(25)22-11-3-5-15(19)13(7-11)17(20)21/h3-8,10,17,23-24H,9H2,1-2H3,(H,22,25)/t10-/m1/s1. The van der Waals surface area contributed by atoms with Crippen LogP contribution in [0.1, 0.15) is 29.3 Å². The number of halogens is 3. The Morgan fingerprint density at radius 3 is 2.48 bits per heavy atom. The maximum atomic E-state index is 13.4. The molecule has 0 heterocycles. The number of sulfonamides is 1. The van der Waals surface area contributed by atoms with Crippen LogP contribution in [0.2, 0.25) is 0 Å². The number of carbonyl (C=O) groups excluding carboxylic acids is 1. The van der Waals surface area contributed by atoms with Crippen LogP contribution >= 0.6 is 0 Å². The van der Waals surface area contributed by atoms with Gasteiger partial charge in [0, 0.05) is 11.7 Å². The first-order valence-corrected chi connectivity index (χ1v) is 9.77. The van der Waals surface area contributed by atoms with Gasteiger partial charge in [0.05, 0.1) is 29.7 Å². The van der Waals surface area contributed by atoms with Crippen molar-refractivity contribution in [3.63, 3.8) is 0 Å². The zero-order valence-electron chi connectivity index (χ0n) is 15.4. The van der Waals surface area contributed by atoms with Crippen molar-refractivity contribution in [1.29, 1.82) is 0 Å². The van der Waals surface area contributed by atoms with Crippen LogP contribution in [-0.4, -0.2) is 39.2 Å². The minimum Gasteiger partial charge on any atom is -0.496 e. The fraction of sp³-hybridized carbons (Fsp3) is 0.278. The van der Waals surface area contributed by atoms with Gasteiger partial charge in [0.15, 0.2) is 0 Å². The summed E-state index contributed by atoms with van der Waals surface area (Å²) in [7, 11) is -2.78. The molecule has 1 amide bonds. The quantitative estimate of drug-likeness (QED) is 0.595. The van der Waals surface area contributed by atoms with Crippen molar-refractivity contribution < 1.29 is 36.2 Å². The molecule has 0 bridgehead atoms. The molecule has 11 heteroatoms. The Morgan fingerprint density at radius 1 is 1.21 bits per heavy atom. The van der Waals surface area contributed by atoms with Crippen molar-refractivity contribution in [2.24, 2.45) is 0 Å². The zero-order valence-corrected chi connectivity index (χ0v) is 16.3. The molecule has 0 aromatic heterocycles. The number of hydrogen-bond acceptors (Lipinski definition) is 5. The van der Waals surface area contributed by atoms with E-state index in [9.17, 15) is 26.4 Å². The molecule has 3 N–H and O–H groups in total. The van der Waals surface area contributed by atoms with Crippen LogP contribution in [0.5, 0.6) is 5.75 Å². The molecule has 0 aliphatic heterocycles. The van der Waals surface area contributed by atoms with Crippen LogP contribution in [-0.2, 0) is 10.0 Å². The third-order valence-electron chi connectivity index (χ3n) is 3.85. The molecule has 2 rings (SSSR count). The van der Waals surface area contributed by atoms with E-state index >= 15 is 0 Å². The van der Waals surface area contributed by atoms with Gasteiger partial charge in [-0.15, -0.1) is 0 Å². The highest BCUT2D eigenvalue weighted by atomic mass is 32.2. The molecule has 0 aliphatic rings. The lowest BCUT2D eigenvalue weighted by Crippen LogP contribution is -2.35. The first-order valence-electron chi connectivity index (χ1n) is 8.29. The predicted molar refractivity (Wildman–Crippen MR) is 99.2 cm³/mol. The van der Waals surface area contributed by atoms with Gasteiger partial charge in [0.1, 0.15) is 11.6 Å². The number of methoxy groups -OCH3 is 1. The van der Waals surface area contributed by atoms with Gasteiger partial charge in [-0.1, -0.05) is 0 Å². The SMILES string of the molecule is COc1ccc(S(=O)(=O)N[C@H](C)CO)cc1C(=O)Nc1ccc(F)c(C(F)F)c1. The lowest BCUT2D eigenvalue weighted by atomic mass is 10.1. The first kappa shape index (κ1) is 22.7. The summed E-state index contributed by atoms with van der Waals surface area (Å²) in [4.78, 5) is 12.3. The monoisotopic (exact) mass is 432 g/mol. The minimum absolute atomic E-state index is 0.0350. The first-order chi connectivity index (χ1) is 13.6. The van der Waals surface area contributed by atoms with Gasteiger partial charge in [0.25, 0.3) is 12.3 Å². The largest absolute Gasteiger partial charge is 0.496 e. The Balaban J connectivity index is 2.38. The van der Waals surface area contributed by atoms with Crippen molar-refractivity contribution in [3.8, 4) is 5.75 Å². The molecule has 0 saturated heterocycles.